The van der Waals surface area contributed by atoms with Crippen molar-refractivity contribution in [3.05, 3.63) is 26.6 Å². The summed E-state index contributed by atoms with van der Waals surface area (Å²) in [6.07, 6.45) is 2.22. The number of piperazine rings is 1. The second kappa shape index (κ2) is 7.62. The Bertz CT molecular complexity index is 496. The minimum absolute atomic E-state index is 0.375. The van der Waals surface area contributed by atoms with Gasteiger partial charge in [0.2, 0.25) is 0 Å². The van der Waals surface area contributed by atoms with Crippen LogP contribution in [-0.2, 0) is 4.74 Å². The number of rotatable bonds is 3. The van der Waals surface area contributed by atoms with Crippen LogP contribution < -0.4 is 11.1 Å². The summed E-state index contributed by atoms with van der Waals surface area (Å²) in [6, 6.07) is 4.60. The number of hydrogen-bond donors (Lipinski definition) is 2. The third kappa shape index (κ3) is 3.67. The van der Waals surface area contributed by atoms with E-state index in [0.717, 1.165) is 66.9 Å². The smallest absolute Gasteiger partial charge is 0.0507 e. The Kier molecular flexibility index (Phi) is 5.79. The van der Waals surface area contributed by atoms with Gasteiger partial charge in [0.25, 0.3) is 0 Å². The minimum Gasteiger partial charge on any atom is -0.398 e. The van der Waals surface area contributed by atoms with Crippen LogP contribution >= 0.6 is 31.9 Å². The summed E-state index contributed by atoms with van der Waals surface area (Å²) in [7, 11) is 0. The summed E-state index contributed by atoms with van der Waals surface area (Å²) in [5, 5.41) is 3.45. The van der Waals surface area contributed by atoms with E-state index in [-0.39, 0.29) is 0 Å². The normalized spacial score (nSPS) is 22.6. The number of nitrogens with one attached hydrogen (secondary N) is 1. The second-order valence-electron chi connectivity index (χ2n) is 6.07. The predicted octanol–water partition coefficient (Wildman–Crippen LogP) is 3.17. The third-order valence-corrected chi connectivity index (χ3v) is 5.82. The lowest BCUT2D eigenvalue weighted by atomic mass is 9.85. The van der Waals surface area contributed by atoms with Crippen molar-refractivity contribution in [2.24, 2.45) is 5.92 Å². The molecule has 0 saturated carbocycles. The van der Waals surface area contributed by atoms with Gasteiger partial charge in [-0.15, -0.1) is 0 Å². The number of anilines is 1. The van der Waals surface area contributed by atoms with Crippen LogP contribution in [0.3, 0.4) is 0 Å². The summed E-state index contributed by atoms with van der Waals surface area (Å²) >= 11 is 7.23. The van der Waals surface area contributed by atoms with Crippen molar-refractivity contribution in [3.63, 3.8) is 0 Å². The van der Waals surface area contributed by atoms with Gasteiger partial charge in [0.15, 0.2) is 0 Å². The lowest BCUT2D eigenvalue weighted by Gasteiger charge is -2.41. The number of nitrogens with zero attached hydrogens (tertiary/aromatic N) is 1. The number of halogens is 2. The molecule has 0 aromatic heterocycles. The molecule has 22 heavy (non-hydrogen) atoms. The zero-order valence-corrected chi connectivity index (χ0v) is 15.8. The predicted molar refractivity (Wildman–Crippen MR) is 97.0 cm³/mol. The van der Waals surface area contributed by atoms with Gasteiger partial charge in [-0.2, -0.15) is 0 Å². The van der Waals surface area contributed by atoms with Gasteiger partial charge in [-0.05, 0) is 52.4 Å². The van der Waals surface area contributed by atoms with Crippen molar-refractivity contribution >= 4 is 37.5 Å². The van der Waals surface area contributed by atoms with Crippen LogP contribution in [0.5, 0.6) is 0 Å². The van der Waals surface area contributed by atoms with E-state index in [1.165, 1.54) is 5.56 Å². The molecule has 2 saturated heterocycles. The van der Waals surface area contributed by atoms with E-state index in [0.29, 0.717) is 12.0 Å². The molecule has 0 spiro atoms. The Morgan fingerprint density at radius 3 is 2.55 bits per heavy atom. The highest BCUT2D eigenvalue weighted by Crippen LogP contribution is 2.41. The molecule has 0 aliphatic carbocycles. The molecule has 2 aliphatic heterocycles. The molecule has 6 heteroatoms. The van der Waals surface area contributed by atoms with Crippen molar-refractivity contribution < 1.29 is 4.74 Å². The van der Waals surface area contributed by atoms with Crippen LogP contribution in [0.4, 0.5) is 5.69 Å². The molecule has 1 aromatic rings. The lowest BCUT2D eigenvalue weighted by molar-refractivity contribution is 0.0215. The highest BCUT2D eigenvalue weighted by atomic mass is 79.9. The van der Waals surface area contributed by atoms with Gasteiger partial charge in [0, 0.05) is 54.4 Å². The summed E-state index contributed by atoms with van der Waals surface area (Å²) < 4.78 is 7.63. The molecule has 2 heterocycles. The fourth-order valence-electron chi connectivity index (χ4n) is 3.59. The van der Waals surface area contributed by atoms with Gasteiger partial charge in [-0.25, -0.2) is 0 Å². The van der Waals surface area contributed by atoms with Crippen molar-refractivity contribution in [1.82, 2.24) is 10.2 Å². The monoisotopic (exact) mass is 431 g/mol. The highest BCUT2D eigenvalue weighted by molar-refractivity contribution is 9.11. The zero-order chi connectivity index (χ0) is 15.5. The van der Waals surface area contributed by atoms with E-state index in [1.54, 1.807) is 0 Å². The maximum atomic E-state index is 6.42. The average Bonchev–Trinajstić information content (AvgIpc) is 2.54. The van der Waals surface area contributed by atoms with Crippen LogP contribution in [0.1, 0.15) is 24.4 Å². The Morgan fingerprint density at radius 2 is 1.86 bits per heavy atom. The summed E-state index contributed by atoms with van der Waals surface area (Å²) in [5.74, 6) is 0.607. The van der Waals surface area contributed by atoms with Crippen molar-refractivity contribution in [2.45, 2.75) is 18.9 Å². The Balaban J connectivity index is 1.96. The fourth-order valence-corrected chi connectivity index (χ4v) is 4.85. The summed E-state index contributed by atoms with van der Waals surface area (Å²) in [4.78, 5) is 2.59. The molecule has 3 rings (SSSR count). The van der Waals surface area contributed by atoms with Gasteiger partial charge < -0.3 is 15.8 Å². The first-order valence-corrected chi connectivity index (χ1v) is 9.52. The molecule has 0 bridgehead atoms. The quantitative estimate of drug-likeness (QED) is 0.720. The molecule has 122 valence electrons. The molecule has 2 aliphatic rings. The molecule has 0 amide bonds. The Morgan fingerprint density at radius 1 is 1.18 bits per heavy atom. The van der Waals surface area contributed by atoms with Crippen molar-refractivity contribution in [2.75, 3.05) is 45.1 Å². The maximum Gasteiger partial charge on any atom is 0.0507 e. The van der Waals surface area contributed by atoms with Crippen LogP contribution in [0.25, 0.3) is 0 Å². The molecular formula is C16H23Br2N3O. The standard InChI is InChI=1S/C16H23Br2N3O/c17-12-9-13(15(19)14(18)10-12)16(11-1-7-22-8-2-11)21-5-3-20-4-6-21/h9-11,16,20H,1-8,19H2/t16-/m1/s1. The topological polar surface area (TPSA) is 50.5 Å². The third-order valence-electron chi connectivity index (χ3n) is 4.70. The SMILES string of the molecule is Nc1c(Br)cc(Br)cc1[C@@H](C1CCOCC1)N1CCNCC1. The van der Waals surface area contributed by atoms with Gasteiger partial charge >= 0.3 is 0 Å². The molecule has 3 N–H and O–H groups in total. The first kappa shape index (κ1) is 16.7. The second-order valence-corrected chi connectivity index (χ2v) is 7.84. The van der Waals surface area contributed by atoms with E-state index in [9.17, 15) is 0 Å². The summed E-state index contributed by atoms with van der Waals surface area (Å²) in [6.45, 7) is 5.98. The number of nitrogen functional groups attached to an aromatic ring is 1. The lowest BCUT2D eigenvalue weighted by Crippen LogP contribution is -2.47. The Hall–Kier alpha value is -0.140. The van der Waals surface area contributed by atoms with E-state index >= 15 is 0 Å². The number of hydrogen-bond acceptors (Lipinski definition) is 4. The van der Waals surface area contributed by atoms with Gasteiger partial charge in [0.05, 0.1) is 5.69 Å². The summed E-state index contributed by atoms with van der Waals surface area (Å²) in [5.41, 5.74) is 8.54. The average molecular weight is 433 g/mol. The zero-order valence-electron chi connectivity index (χ0n) is 12.7. The van der Waals surface area contributed by atoms with E-state index < -0.39 is 0 Å². The highest BCUT2D eigenvalue weighted by Gasteiger charge is 2.33. The molecule has 1 atom stereocenters. The van der Waals surface area contributed by atoms with Gasteiger partial charge in [-0.1, -0.05) is 15.9 Å². The molecule has 2 fully saturated rings. The molecule has 0 radical (unpaired) electrons. The molecule has 1 aromatic carbocycles. The molecule has 4 nitrogen and oxygen atoms in total. The largest absolute Gasteiger partial charge is 0.398 e. The minimum atomic E-state index is 0.375. The first-order valence-electron chi connectivity index (χ1n) is 7.93. The van der Waals surface area contributed by atoms with E-state index in [2.05, 4.69) is 48.1 Å². The first-order chi connectivity index (χ1) is 10.7. The van der Waals surface area contributed by atoms with Gasteiger partial charge in [-0.3, -0.25) is 4.90 Å². The van der Waals surface area contributed by atoms with Crippen molar-refractivity contribution in [1.29, 1.82) is 0 Å². The van der Waals surface area contributed by atoms with Crippen LogP contribution in [-0.4, -0.2) is 44.3 Å². The number of benzene rings is 1. The number of nitrogens with two attached hydrogens (primary N) is 1. The van der Waals surface area contributed by atoms with Crippen LogP contribution in [0, 0.1) is 5.92 Å². The Labute approximate surface area is 149 Å². The van der Waals surface area contributed by atoms with Crippen LogP contribution in [0.15, 0.2) is 21.1 Å². The van der Waals surface area contributed by atoms with Crippen molar-refractivity contribution in [3.8, 4) is 0 Å². The van der Waals surface area contributed by atoms with Crippen LogP contribution in [0.2, 0.25) is 0 Å². The molecule has 0 unspecified atom stereocenters. The number of ether oxygens (including phenoxy) is 1. The van der Waals surface area contributed by atoms with Gasteiger partial charge in [0.1, 0.15) is 0 Å². The fraction of sp³-hybridized carbons (Fsp3) is 0.625. The molecular weight excluding hydrogens is 410 g/mol. The maximum absolute atomic E-state index is 6.42. The van der Waals surface area contributed by atoms with E-state index in [1.807, 2.05) is 6.07 Å². The van der Waals surface area contributed by atoms with E-state index in [4.69, 9.17) is 10.5 Å².